The van der Waals surface area contributed by atoms with Crippen LogP contribution in [0, 0.1) is 11.2 Å². The predicted octanol–water partition coefficient (Wildman–Crippen LogP) is 6.31. The molecular weight excluding hydrogens is 537 g/mol. The van der Waals surface area contributed by atoms with Crippen molar-refractivity contribution in [1.82, 2.24) is 14.5 Å². The van der Waals surface area contributed by atoms with Crippen LogP contribution in [0.3, 0.4) is 0 Å². The first kappa shape index (κ1) is 29.2. The molecule has 0 bridgehead atoms. The van der Waals surface area contributed by atoms with Crippen LogP contribution in [0.5, 0.6) is 11.5 Å². The molecule has 0 saturated heterocycles. The lowest BCUT2D eigenvalue weighted by Crippen LogP contribution is -2.29. The van der Waals surface area contributed by atoms with E-state index in [1.807, 2.05) is 18.2 Å². The zero-order valence-electron chi connectivity index (χ0n) is 22.8. The molecule has 9 nitrogen and oxygen atoms in total. The number of rotatable bonds is 12. The Morgan fingerprint density at radius 1 is 1.14 bits per heavy atom. The van der Waals surface area contributed by atoms with Crippen molar-refractivity contribution in [3.8, 4) is 22.6 Å². The molecule has 1 aromatic carbocycles. The second-order valence-corrected chi connectivity index (χ2v) is 8.60. The quantitative estimate of drug-likeness (QED) is 0.106. The van der Waals surface area contributed by atoms with Crippen LogP contribution in [-0.4, -0.2) is 33.3 Å². The lowest BCUT2D eigenvalue weighted by Gasteiger charge is -2.15. The number of aromatic amines is 1. The Morgan fingerprint density at radius 2 is 1.93 bits per heavy atom. The maximum absolute atomic E-state index is 15.3. The molecule has 42 heavy (non-hydrogen) atoms. The molecule has 0 saturated carbocycles. The maximum atomic E-state index is 15.3. The number of carbonyl (C=O) groups is 1. The average Bonchev–Trinajstić information content (AvgIpc) is 3.48. The van der Waals surface area contributed by atoms with Crippen molar-refractivity contribution in [1.29, 1.82) is 5.41 Å². The molecule has 0 aliphatic carbocycles. The van der Waals surface area contributed by atoms with Gasteiger partial charge in [-0.15, -0.1) is 0 Å². The monoisotopic (exact) mass is 565 g/mol. The summed E-state index contributed by atoms with van der Waals surface area (Å²) in [5.74, 6) is -1.42. The van der Waals surface area contributed by atoms with Crippen molar-refractivity contribution in [3.05, 3.63) is 132 Å². The van der Waals surface area contributed by atoms with E-state index in [1.54, 1.807) is 31.6 Å². The number of nitrogens with zero attached hydrogens (tertiary/aromatic N) is 2. The summed E-state index contributed by atoms with van der Waals surface area (Å²) in [4.78, 5) is 33.7. The van der Waals surface area contributed by atoms with Gasteiger partial charge in [-0.05, 0) is 61.0 Å². The van der Waals surface area contributed by atoms with E-state index in [2.05, 4.69) is 28.4 Å². The predicted molar refractivity (Wildman–Crippen MR) is 162 cm³/mol. The van der Waals surface area contributed by atoms with E-state index in [0.29, 0.717) is 11.4 Å². The minimum Gasteiger partial charge on any atom is -0.493 e. The van der Waals surface area contributed by atoms with Crippen molar-refractivity contribution in [2.75, 3.05) is 11.9 Å². The summed E-state index contributed by atoms with van der Waals surface area (Å²) >= 11 is 0. The molecule has 212 valence electrons. The minimum absolute atomic E-state index is 0.0797. The van der Waals surface area contributed by atoms with Crippen LogP contribution in [-0.2, 0) is 0 Å². The fourth-order valence-electron chi connectivity index (χ4n) is 4.14. The molecule has 0 atom stereocenters. The van der Waals surface area contributed by atoms with Crippen LogP contribution in [0.2, 0.25) is 0 Å². The van der Waals surface area contributed by atoms with Gasteiger partial charge >= 0.3 is 0 Å². The number of allylic oxidation sites excluding steroid dienone is 5. The van der Waals surface area contributed by atoms with Gasteiger partial charge < -0.3 is 25.2 Å². The van der Waals surface area contributed by atoms with Crippen molar-refractivity contribution < 1.29 is 18.7 Å². The standard InChI is InChI=1S/C32H28FN5O4/c1-4-7-23(5-2)38-19-14-27(41-6-3)29(32(38)40)31(39)37-22-8-9-26(25(33)20-22)42-28(10-15-34)30-24(13-18-36-30)21-11-16-35-17-12-21/h4-5,7-20,34,36H,1-2,6H2,3H3,(H,37,39)/b23-7+,28-10+,34-15?. The van der Waals surface area contributed by atoms with Gasteiger partial charge in [-0.25, -0.2) is 4.39 Å². The molecule has 3 heterocycles. The summed E-state index contributed by atoms with van der Waals surface area (Å²) in [7, 11) is 0. The molecule has 3 N–H and O–H groups in total. The second-order valence-electron chi connectivity index (χ2n) is 8.60. The third kappa shape index (κ3) is 6.34. The summed E-state index contributed by atoms with van der Waals surface area (Å²) in [5, 5.41) is 10.1. The van der Waals surface area contributed by atoms with Gasteiger partial charge in [-0.2, -0.15) is 0 Å². The van der Waals surface area contributed by atoms with Crippen molar-refractivity contribution in [2.45, 2.75) is 6.92 Å². The van der Waals surface area contributed by atoms with E-state index in [4.69, 9.17) is 14.9 Å². The number of benzene rings is 1. The molecule has 3 aromatic heterocycles. The van der Waals surface area contributed by atoms with Crippen LogP contribution in [0.15, 0.2) is 110 Å². The molecule has 0 spiro atoms. The Morgan fingerprint density at radius 3 is 2.60 bits per heavy atom. The number of nitrogens with one attached hydrogen (secondary N) is 3. The van der Waals surface area contributed by atoms with Gasteiger partial charge in [0.05, 0.1) is 12.3 Å². The number of H-pyrrole nitrogens is 1. The Hall–Kier alpha value is -5.77. The molecule has 4 rings (SSSR count). The normalized spacial score (nSPS) is 11.5. The van der Waals surface area contributed by atoms with Crippen LogP contribution in [0.1, 0.15) is 23.0 Å². The second kappa shape index (κ2) is 13.5. The Labute approximate surface area is 241 Å². The van der Waals surface area contributed by atoms with Gasteiger partial charge in [-0.3, -0.25) is 19.1 Å². The van der Waals surface area contributed by atoms with E-state index >= 15 is 4.39 Å². The smallest absolute Gasteiger partial charge is 0.271 e. The van der Waals surface area contributed by atoms with Gasteiger partial charge in [0.1, 0.15) is 11.3 Å². The number of amides is 1. The lowest BCUT2D eigenvalue weighted by molar-refractivity contribution is 0.102. The Balaban J connectivity index is 1.62. The number of pyridine rings is 2. The van der Waals surface area contributed by atoms with Crippen LogP contribution in [0.25, 0.3) is 22.6 Å². The highest BCUT2D eigenvalue weighted by Gasteiger charge is 2.21. The first-order chi connectivity index (χ1) is 20.4. The van der Waals surface area contributed by atoms with Gasteiger partial charge in [0.15, 0.2) is 17.3 Å². The number of ether oxygens (including phenoxy) is 2. The zero-order chi connectivity index (χ0) is 30.1. The molecule has 0 fully saturated rings. The summed E-state index contributed by atoms with van der Waals surface area (Å²) in [5.41, 5.74) is 1.74. The molecule has 0 unspecified atom stereocenters. The Bertz CT molecular complexity index is 1750. The number of aromatic nitrogens is 3. The molecule has 0 radical (unpaired) electrons. The minimum atomic E-state index is -0.786. The summed E-state index contributed by atoms with van der Waals surface area (Å²) in [6.07, 6.45) is 13.4. The third-order valence-corrected chi connectivity index (χ3v) is 5.99. The molecule has 0 aliphatic heterocycles. The zero-order valence-corrected chi connectivity index (χ0v) is 22.8. The number of halogens is 1. The first-order valence-corrected chi connectivity index (χ1v) is 12.8. The lowest BCUT2D eigenvalue weighted by atomic mass is 10.1. The average molecular weight is 566 g/mol. The topological polar surface area (TPSA) is 122 Å². The highest BCUT2D eigenvalue weighted by atomic mass is 19.1. The van der Waals surface area contributed by atoms with Crippen LogP contribution in [0.4, 0.5) is 10.1 Å². The van der Waals surface area contributed by atoms with E-state index in [-0.39, 0.29) is 35.1 Å². The summed E-state index contributed by atoms with van der Waals surface area (Å²) in [6.45, 7) is 9.28. The molecule has 4 aromatic rings. The Kier molecular flexibility index (Phi) is 9.41. The van der Waals surface area contributed by atoms with E-state index in [0.717, 1.165) is 23.4 Å². The number of hydrogen-bond donors (Lipinski definition) is 3. The van der Waals surface area contributed by atoms with Gasteiger partial charge in [0, 0.05) is 60.1 Å². The summed E-state index contributed by atoms with van der Waals surface area (Å²) in [6, 6.07) is 10.8. The summed E-state index contributed by atoms with van der Waals surface area (Å²) < 4.78 is 27.9. The number of anilines is 1. The van der Waals surface area contributed by atoms with Gasteiger partial charge in [-0.1, -0.05) is 19.2 Å². The van der Waals surface area contributed by atoms with E-state index in [1.165, 1.54) is 47.2 Å². The van der Waals surface area contributed by atoms with Gasteiger partial charge in [0.25, 0.3) is 11.5 Å². The van der Waals surface area contributed by atoms with Gasteiger partial charge in [0.2, 0.25) is 0 Å². The molecular formula is C32H28FN5O4. The van der Waals surface area contributed by atoms with Crippen molar-refractivity contribution in [3.63, 3.8) is 0 Å². The highest BCUT2D eigenvalue weighted by molar-refractivity contribution is 6.06. The van der Waals surface area contributed by atoms with Crippen LogP contribution < -0.4 is 20.3 Å². The molecule has 10 heteroatoms. The largest absolute Gasteiger partial charge is 0.493 e. The van der Waals surface area contributed by atoms with Crippen molar-refractivity contribution >= 4 is 29.3 Å². The maximum Gasteiger partial charge on any atom is 0.271 e. The fourth-order valence-corrected chi connectivity index (χ4v) is 4.14. The van der Waals surface area contributed by atoms with E-state index in [9.17, 15) is 9.59 Å². The van der Waals surface area contributed by atoms with E-state index < -0.39 is 17.3 Å². The highest BCUT2D eigenvalue weighted by Crippen LogP contribution is 2.31. The molecule has 1 amide bonds. The van der Waals surface area contributed by atoms with Crippen LogP contribution >= 0.6 is 0 Å². The van der Waals surface area contributed by atoms with Crippen molar-refractivity contribution in [2.24, 2.45) is 0 Å². The number of carbonyl (C=O) groups excluding carboxylic acids is 1. The number of hydrogen-bond acceptors (Lipinski definition) is 6. The third-order valence-electron chi connectivity index (χ3n) is 5.99. The SMILES string of the molecule is C=C/C=C(\C=C)n1ccc(OCC)c(C(=O)Nc2ccc(O/C(=C/C=N)c3[nH]ccc3-c3ccncc3)c(F)c2)c1=O. The first-order valence-electron chi connectivity index (χ1n) is 12.8. The molecule has 0 aliphatic rings. The fraction of sp³-hybridized carbons (Fsp3) is 0.0625.